The second kappa shape index (κ2) is 8.08. The number of benzene rings is 3. The van der Waals surface area contributed by atoms with Crippen LogP contribution in [0.4, 0.5) is 0 Å². The standard InChI is InChI=1S/C23H18O3/c24-20-12-8-17(9-13-20)10-14-21(25)16-22(26)15-11-19-6-3-5-18-4-1-2-7-23(18)19/h1-15,24H,16H2. The van der Waals surface area contributed by atoms with E-state index in [-0.39, 0.29) is 23.7 Å². The molecule has 0 aliphatic carbocycles. The van der Waals surface area contributed by atoms with Gasteiger partial charge in [-0.2, -0.15) is 0 Å². The molecular formula is C23H18O3. The molecule has 0 aliphatic heterocycles. The number of hydrogen-bond donors (Lipinski definition) is 1. The van der Waals surface area contributed by atoms with E-state index >= 15 is 0 Å². The minimum Gasteiger partial charge on any atom is -0.508 e. The number of phenolic OH excluding ortho intramolecular Hbond substituents is 1. The third-order valence-electron chi connectivity index (χ3n) is 3.98. The number of allylic oxidation sites excluding steroid dienone is 2. The van der Waals surface area contributed by atoms with Crippen LogP contribution in [0, 0.1) is 0 Å². The zero-order valence-electron chi connectivity index (χ0n) is 14.1. The molecule has 128 valence electrons. The van der Waals surface area contributed by atoms with E-state index in [1.54, 1.807) is 36.4 Å². The number of rotatable bonds is 6. The summed E-state index contributed by atoms with van der Waals surface area (Å²) in [5.41, 5.74) is 1.73. The third kappa shape index (κ3) is 4.54. The molecule has 3 nitrogen and oxygen atoms in total. The molecule has 3 aromatic rings. The van der Waals surface area contributed by atoms with E-state index in [0.717, 1.165) is 21.9 Å². The summed E-state index contributed by atoms with van der Waals surface area (Å²) in [5.74, 6) is -0.328. The average molecular weight is 342 g/mol. The molecule has 3 rings (SSSR count). The molecule has 0 aromatic heterocycles. The van der Waals surface area contributed by atoms with Crippen molar-refractivity contribution in [2.45, 2.75) is 6.42 Å². The Hall–Kier alpha value is -3.46. The Bertz CT molecular complexity index is 990. The lowest BCUT2D eigenvalue weighted by molar-refractivity contribution is -0.121. The highest BCUT2D eigenvalue weighted by atomic mass is 16.3. The van der Waals surface area contributed by atoms with Crippen LogP contribution < -0.4 is 0 Å². The first-order chi connectivity index (χ1) is 12.6. The SMILES string of the molecule is O=C(C=Cc1ccc(O)cc1)CC(=O)C=Cc1cccc2ccccc12. The number of fused-ring (bicyclic) bond motifs is 1. The quantitative estimate of drug-likeness (QED) is 0.517. The van der Waals surface area contributed by atoms with E-state index in [4.69, 9.17) is 0 Å². The summed E-state index contributed by atoms with van der Waals surface area (Å²) in [6.45, 7) is 0. The summed E-state index contributed by atoms with van der Waals surface area (Å²) in [4.78, 5) is 24.0. The molecule has 3 heteroatoms. The van der Waals surface area contributed by atoms with Crippen molar-refractivity contribution in [1.82, 2.24) is 0 Å². The van der Waals surface area contributed by atoms with Gasteiger partial charge >= 0.3 is 0 Å². The summed E-state index contributed by atoms with van der Waals surface area (Å²) < 4.78 is 0. The van der Waals surface area contributed by atoms with Gasteiger partial charge in [-0.1, -0.05) is 66.7 Å². The van der Waals surface area contributed by atoms with Crippen molar-refractivity contribution in [3.05, 3.63) is 90.0 Å². The number of phenols is 1. The maximum atomic E-state index is 12.0. The van der Waals surface area contributed by atoms with E-state index in [2.05, 4.69) is 0 Å². The first-order valence-corrected chi connectivity index (χ1v) is 8.30. The van der Waals surface area contributed by atoms with Crippen molar-refractivity contribution in [2.24, 2.45) is 0 Å². The Morgan fingerprint density at radius 2 is 1.42 bits per heavy atom. The zero-order valence-corrected chi connectivity index (χ0v) is 14.1. The summed E-state index contributed by atoms with van der Waals surface area (Å²) in [6, 6.07) is 20.3. The molecular weight excluding hydrogens is 324 g/mol. The van der Waals surface area contributed by atoms with E-state index in [1.807, 2.05) is 42.5 Å². The smallest absolute Gasteiger partial charge is 0.163 e. The van der Waals surface area contributed by atoms with Crippen molar-refractivity contribution < 1.29 is 14.7 Å². The molecule has 0 saturated heterocycles. The van der Waals surface area contributed by atoms with E-state index < -0.39 is 0 Å². The van der Waals surface area contributed by atoms with E-state index in [9.17, 15) is 14.7 Å². The van der Waals surface area contributed by atoms with Crippen molar-refractivity contribution >= 4 is 34.5 Å². The zero-order chi connectivity index (χ0) is 18.4. The van der Waals surface area contributed by atoms with Crippen molar-refractivity contribution in [2.75, 3.05) is 0 Å². The molecule has 0 spiro atoms. The predicted molar refractivity (Wildman–Crippen MR) is 105 cm³/mol. The minimum absolute atomic E-state index is 0.169. The van der Waals surface area contributed by atoms with Crippen LogP contribution >= 0.6 is 0 Å². The average Bonchev–Trinajstić information content (AvgIpc) is 2.66. The molecule has 0 radical (unpaired) electrons. The van der Waals surface area contributed by atoms with Crippen LogP contribution in [-0.4, -0.2) is 16.7 Å². The van der Waals surface area contributed by atoms with Crippen molar-refractivity contribution in [3.63, 3.8) is 0 Å². The highest BCUT2D eigenvalue weighted by molar-refractivity contribution is 6.11. The Morgan fingerprint density at radius 1 is 0.769 bits per heavy atom. The maximum absolute atomic E-state index is 12.0. The first kappa shape index (κ1) is 17.4. The van der Waals surface area contributed by atoms with Gasteiger partial charge in [0.15, 0.2) is 11.6 Å². The number of carbonyl (C=O) groups excluding carboxylic acids is 2. The second-order valence-corrected chi connectivity index (χ2v) is 5.94. The summed E-state index contributed by atoms with van der Waals surface area (Å²) in [6.07, 6.45) is 6.05. The molecule has 0 heterocycles. The van der Waals surface area contributed by atoms with Crippen LogP contribution in [0.5, 0.6) is 5.75 Å². The van der Waals surface area contributed by atoms with Gasteiger partial charge in [-0.3, -0.25) is 9.59 Å². The van der Waals surface area contributed by atoms with Gasteiger partial charge in [0.25, 0.3) is 0 Å². The molecule has 0 unspecified atom stereocenters. The fraction of sp³-hybridized carbons (Fsp3) is 0.0435. The van der Waals surface area contributed by atoms with Crippen LogP contribution in [0.25, 0.3) is 22.9 Å². The number of ketones is 2. The normalized spacial score (nSPS) is 11.4. The number of carbonyl (C=O) groups is 2. The van der Waals surface area contributed by atoms with Gasteiger partial charge in [0.05, 0.1) is 6.42 Å². The van der Waals surface area contributed by atoms with Crippen LogP contribution in [0.15, 0.2) is 78.9 Å². The molecule has 0 saturated carbocycles. The Balaban J connectivity index is 1.63. The maximum Gasteiger partial charge on any atom is 0.163 e. The monoisotopic (exact) mass is 342 g/mol. The van der Waals surface area contributed by atoms with Gasteiger partial charge < -0.3 is 5.11 Å². The molecule has 0 bridgehead atoms. The molecule has 0 fully saturated rings. The predicted octanol–water partition coefficient (Wildman–Crippen LogP) is 4.80. The van der Waals surface area contributed by atoms with Crippen LogP contribution in [0.1, 0.15) is 17.5 Å². The summed E-state index contributed by atoms with van der Waals surface area (Å²) in [7, 11) is 0. The van der Waals surface area contributed by atoms with Gasteiger partial charge in [-0.15, -0.1) is 0 Å². The van der Waals surface area contributed by atoms with E-state index in [0.29, 0.717) is 0 Å². The number of hydrogen-bond acceptors (Lipinski definition) is 3. The van der Waals surface area contributed by atoms with Gasteiger partial charge in [-0.25, -0.2) is 0 Å². The van der Waals surface area contributed by atoms with Gasteiger partial charge in [0.2, 0.25) is 0 Å². The van der Waals surface area contributed by atoms with Gasteiger partial charge in [0.1, 0.15) is 5.75 Å². The number of aromatic hydroxyl groups is 1. The van der Waals surface area contributed by atoms with Crippen LogP contribution in [0.3, 0.4) is 0 Å². The molecule has 3 aromatic carbocycles. The Labute approximate surface area is 151 Å². The van der Waals surface area contributed by atoms with Crippen molar-refractivity contribution in [1.29, 1.82) is 0 Å². The largest absolute Gasteiger partial charge is 0.508 e. The summed E-state index contributed by atoms with van der Waals surface area (Å²) in [5, 5.41) is 11.4. The lowest BCUT2D eigenvalue weighted by Gasteiger charge is -2.01. The highest BCUT2D eigenvalue weighted by Crippen LogP contribution is 2.19. The Kier molecular flexibility index (Phi) is 5.40. The lowest BCUT2D eigenvalue weighted by Crippen LogP contribution is -2.01. The molecule has 0 atom stereocenters. The minimum atomic E-state index is -0.259. The molecule has 1 N–H and O–H groups in total. The van der Waals surface area contributed by atoms with Gasteiger partial charge in [-0.05, 0) is 46.2 Å². The topological polar surface area (TPSA) is 54.4 Å². The van der Waals surface area contributed by atoms with Crippen LogP contribution in [0.2, 0.25) is 0 Å². The Morgan fingerprint density at radius 3 is 2.19 bits per heavy atom. The van der Waals surface area contributed by atoms with Gasteiger partial charge in [0, 0.05) is 0 Å². The second-order valence-electron chi connectivity index (χ2n) is 5.94. The van der Waals surface area contributed by atoms with Crippen LogP contribution in [-0.2, 0) is 9.59 Å². The lowest BCUT2D eigenvalue weighted by atomic mass is 10.0. The molecule has 0 aliphatic rings. The molecule has 0 amide bonds. The summed E-state index contributed by atoms with van der Waals surface area (Å²) >= 11 is 0. The van der Waals surface area contributed by atoms with Crippen molar-refractivity contribution in [3.8, 4) is 5.75 Å². The highest BCUT2D eigenvalue weighted by Gasteiger charge is 2.04. The first-order valence-electron chi connectivity index (χ1n) is 8.30. The molecule has 26 heavy (non-hydrogen) atoms. The fourth-order valence-corrected chi connectivity index (χ4v) is 2.64. The third-order valence-corrected chi connectivity index (χ3v) is 3.98. The van der Waals surface area contributed by atoms with E-state index in [1.165, 1.54) is 12.2 Å². The fourth-order valence-electron chi connectivity index (χ4n) is 2.64.